The van der Waals surface area contributed by atoms with Crippen LogP contribution in [-0.2, 0) is 9.53 Å². The molecular formula is C15H18N2O4. The zero-order chi connectivity index (χ0) is 15.5. The van der Waals surface area contributed by atoms with E-state index in [2.05, 4.69) is 9.84 Å². The molecule has 21 heavy (non-hydrogen) atoms. The Labute approximate surface area is 123 Å². The summed E-state index contributed by atoms with van der Waals surface area (Å²) in [7, 11) is 1.24. The Hall–Kier alpha value is -2.21. The lowest BCUT2D eigenvalue weighted by Gasteiger charge is -2.30. The first kappa shape index (κ1) is 15.2. The molecule has 112 valence electrons. The van der Waals surface area contributed by atoms with E-state index in [4.69, 9.17) is 0 Å². The summed E-state index contributed by atoms with van der Waals surface area (Å²) in [6, 6.07) is 8.53. The standard InChI is InChI=1S/C15H18N2O4/c1-3-9-15(20)10-12(14(19)21-2)16-17(15)13(18)11-7-5-4-6-8-11/h4-8,20H,3,9-10H2,1-2H3/t15-/m0/s1. The van der Waals surface area contributed by atoms with Gasteiger partial charge in [0.15, 0.2) is 11.4 Å². The maximum atomic E-state index is 12.5. The van der Waals surface area contributed by atoms with Gasteiger partial charge in [0, 0.05) is 12.0 Å². The molecule has 0 saturated heterocycles. The number of hydrazone groups is 1. The van der Waals surface area contributed by atoms with Crippen molar-refractivity contribution in [1.82, 2.24) is 5.01 Å². The van der Waals surface area contributed by atoms with Crippen molar-refractivity contribution in [2.75, 3.05) is 7.11 Å². The first-order chi connectivity index (χ1) is 10.0. The van der Waals surface area contributed by atoms with Crippen LogP contribution in [0.15, 0.2) is 35.4 Å². The third kappa shape index (κ3) is 2.95. The van der Waals surface area contributed by atoms with Crippen LogP contribution in [0.5, 0.6) is 0 Å². The summed E-state index contributed by atoms with van der Waals surface area (Å²) in [5.41, 5.74) is -1.02. The maximum Gasteiger partial charge on any atom is 0.354 e. The largest absolute Gasteiger partial charge is 0.464 e. The Morgan fingerprint density at radius 2 is 2.05 bits per heavy atom. The molecule has 0 aromatic heterocycles. The zero-order valence-corrected chi connectivity index (χ0v) is 12.1. The van der Waals surface area contributed by atoms with E-state index in [0.29, 0.717) is 18.4 Å². The fourth-order valence-corrected chi connectivity index (χ4v) is 2.36. The molecule has 6 heteroatoms. The first-order valence-electron chi connectivity index (χ1n) is 6.79. The maximum absolute atomic E-state index is 12.5. The third-order valence-corrected chi connectivity index (χ3v) is 3.35. The van der Waals surface area contributed by atoms with Gasteiger partial charge >= 0.3 is 5.97 Å². The molecule has 2 rings (SSSR count). The van der Waals surface area contributed by atoms with E-state index in [0.717, 1.165) is 5.01 Å². The van der Waals surface area contributed by atoms with Crippen molar-refractivity contribution in [3.63, 3.8) is 0 Å². The second-order valence-corrected chi connectivity index (χ2v) is 4.93. The van der Waals surface area contributed by atoms with Crippen LogP contribution >= 0.6 is 0 Å². The molecule has 0 fully saturated rings. The topological polar surface area (TPSA) is 79.2 Å². The van der Waals surface area contributed by atoms with Crippen molar-refractivity contribution >= 4 is 17.6 Å². The second-order valence-electron chi connectivity index (χ2n) is 4.93. The highest BCUT2D eigenvalue weighted by atomic mass is 16.5. The van der Waals surface area contributed by atoms with Crippen LogP contribution < -0.4 is 0 Å². The third-order valence-electron chi connectivity index (χ3n) is 3.35. The summed E-state index contributed by atoms with van der Waals surface area (Å²) in [5.74, 6) is -1.07. The van der Waals surface area contributed by atoms with Gasteiger partial charge in [0.05, 0.1) is 7.11 Å². The van der Waals surface area contributed by atoms with Gasteiger partial charge < -0.3 is 9.84 Å². The Kier molecular flexibility index (Phi) is 4.37. The van der Waals surface area contributed by atoms with E-state index in [-0.39, 0.29) is 12.1 Å². The second kappa shape index (κ2) is 6.05. The van der Waals surface area contributed by atoms with Gasteiger partial charge in [-0.05, 0) is 18.6 Å². The summed E-state index contributed by atoms with van der Waals surface area (Å²) in [6.07, 6.45) is 0.959. The summed E-state index contributed by atoms with van der Waals surface area (Å²) in [6.45, 7) is 1.89. The molecule has 0 spiro atoms. The van der Waals surface area contributed by atoms with Crippen molar-refractivity contribution in [2.24, 2.45) is 5.10 Å². The molecule has 1 N–H and O–H groups in total. The van der Waals surface area contributed by atoms with E-state index in [1.54, 1.807) is 30.3 Å². The van der Waals surface area contributed by atoms with Gasteiger partial charge in [-0.25, -0.2) is 4.79 Å². The molecule has 1 aliphatic heterocycles. The van der Waals surface area contributed by atoms with Gasteiger partial charge in [0.1, 0.15) is 0 Å². The molecule has 0 unspecified atom stereocenters. The highest BCUT2D eigenvalue weighted by Crippen LogP contribution is 2.31. The number of hydrogen-bond donors (Lipinski definition) is 1. The highest BCUT2D eigenvalue weighted by molar-refractivity contribution is 6.37. The fraction of sp³-hybridized carbons (Fsp3) is 0.400. The molecule has 0 aliphatic carbocycles. The van der Waals surface area contributed by atoms with Crippen molar-refractivity contribution in [2.45, 2.75) is 31.9 Å². The minimum Gasteiger partial charge on any atom is -0.464 e. The Balaban J connectivity index is 2.34. The number of amides is 1. The normalized spacial score (nSPS) is 21.1. The number of methoxy groups -OCH3 is 1. The Bertz CT molecular complexity index is 570. The Morgan fingerprint density at radius 3 is 2.62 bits per heavy atom. The molecule has 1 heterocycles. The fourth-order valence-electron chi connectivity index (χ4n) is 2.36. The van der Waals surface area contributed by atoms with E-state index >= 15 is 0 Å². The van der Waals surface area contributed by atoms with Crippen molar-refractivity contribution in [3.8, 4) is 0 Å². The van der Waals surface area contributed by atoms with Crippen LogP contribution in [0, 0.1) is 0 Å². The zero-order valence-electron chi connectivity index (χ0n) is 12.1. The number of benzene rings is 1. The number of esters is 1. The average molecular weight is 290 g/mol. The van der Waals surface area contributed by atoms with Gasteiger partial charge in [-0.3, -0.25) is 4.79 Å². The van der Waals surface area contributed by atoms with E-state index in [9.17, 15) is 14.7 Å². The van der Waals surface area contributed by atoms with Crippen molar-refractivity contribution in [3.05, 3.63) is 35.9 Å². The summed E-state index contributed by atoms with van der Waals surface area (Å²) in [5, 5.41) is 15.7. The van der Waals surface area contributed by atoms with Gasteiger partial charge in [-0.1, -0.05) is 31.5 Å². The highest BCUT2D eigenvalue weighted by Gasteiger charge is 2.46. The quantitative estimate of drug-likeness (QED) is 0.853. The minimum atomic E-state index is -1.48. The molecule has 6 nitrogen and oxygen atoms in total. The number of nitrogens with zero attached hydrogens (tertiary/aromatic N) is 2. The van der Waals surface area contributed by atoms with Crippen LogP contribution in [0.3, 0.4) is 0 Å². The minimum absolute atomic E-state index is 0.0217. The summed E-state index contributed by atoms with van der Waals surface area (Å²) >= 11 is 0. The number of carbonyl (C=O) groups is 2. The molecule has 1 aliphatic rings. The molecule has 1 atom stereocenters. The lowest BCUT2D eigenvalue weighted by Crippen LogP contribution is -2.46. The molecule has 0 saturated carbocycles. The van der Waals surface area contributed by atoms with Crippen LogP contribution in [0.1, 0.15) is 36.5 Å². The first-order valence-corrected chi connectivity index (χ1v) is 6.79. The van der Waals surface area contributed by atoms with Crippen molar-refractivity contribution < 1.29 is 19.4 Å². The molecule has 1 amide bonds. The lowest BCUT2D eigenvalue weighted by atomic mass is 10.0. The molecule has 1 aromatic rings. The van der Waals surface area contributed by atoms with Gasteiger partial charge in [-0.15, -0.1) is 0 Å². The van der Waals surface area contributed by atoms with Gasteiger partial charge in [0.25, 0.3) is 5.91 Å². The van der Waals surface area contributed by atoms with Crippen LogP contribution in [0.25, 0.3) is 0 Å². The van der Waals surface area contributed by atoms with Crippen molar-refractivity contribution in [1.29, 1.82) is 0 Å². The SMILES string of the molecule is CCC[C@]1(O)CC(C(=O)OC)=NN1C(=O)c1ccccc1. The predicted octanol–water partition coefficient (Wildman–Crippen LogP) is 1.55. The number of rotatable bonds is 4. The van der Waals surface area contributed by atoms with Crippen LogP contribution in [-0.4, -0.2) is 40.5 Å². The van der Waals surface area contributed by atoms with E-state index < -0.39 is 17.6 Å². The monoisotopic (exact) mass is 290 g/mol. The van der Waals surface area contributed by atoms with E-state index in [1.807, 2.05) is 6.92 Å². The molecule has 1 aromatic carbocycles. The molecule has 0 bridgehead atoms. The van der Waals surface area contributed by atoms with E-state index in [1.165, 1.54) is 7.11 Å². The lowest BCUT2D eigenvalue weighted by molar-refractivity contribution is -0.133. The van der Waals surface area contributed by atoms with Crippen LogP contribution in [0.2, 0.25) is 0 Å². The summed E-state index contributed by atoms with van der Waals surface area (Å²) < 4.78 is 4.62. The molecular weight excluding hydrogens is 272 g/mol. The number of ether oxygens (including phenoxy) is 1. The average Bonchev–Trinajstić information content (AvgIpc) is 2.84. The summed E-state index contributed by atoms with van der Waals surface area (Å²) in [4.78, 5) is 24.1. The molecule has 0 radical (unpaired) electrons. The smallest absolute Gasteiger partial charge is 0.354 e. The number of carbonyl (C=O) groups excluding carboxylic acids is 2. The number of aliphatic hydroxyl groups is 1. The Morgan fingerprint density at radius 1 is 1.38 bits per heavy atom. The van der Waals surface area contributed by atoms with Crippen LogP contribution in [0.4, 0.5) is 0 Å². The van der Waals surface area contributed by atoms with Gasteiger partial charge in [0.2, 0.25) is 0 Å². The van der Waals surface area contributed by atoms with Gasteiger partial charge in [-0.2, -0.15) is 10.1 Å². The predicted molar refractivity (Wildman–Crippen MR) is 76.5 cm³/mol. The number of hydrogen-bond acceptors (Lipinski definition) is 5.